The zero-order chi connectivity index (χ0) is 16.1. The fraction of sp³-hybridized carbons (Fsp3) is 0.235. The van der Waals surface area contributed by atoms with E-state index in [4.69, 9.17) is 9.47 Å². The summed E-state index contributed by atoms with van der Waals surface area (Å²) < 4.78 is 10.5. The summed E-state index contributed by atoms with van der Waals surface area (Å²) in [5, 5.41) is 14.6. The van der Waals surface area contributed by atoms with Crippen LogP contribution in [0.2, 0.25) is 0 Å². The third kappa shape index (κ3) is 4.12. The standard InChI is InChI=1S/C17H17NO4S/c19-13(16-2-1-9-23-16)7-8-18-17(20)6-4-12-3-5-14-15(10-12)22-11-21-14/h1-6,9-10,13,19H,7-8,11H2,(H,18,20)/b6-4+/t13-/m1/s1. The minimum absolute atomic E-state index is 0.193. The summed E-state index contributed by atoms with van der Waals surface area (Å²) in [6.45, 7) is 0.652. The summed E-state index contributed by atoms with van der Waals surface area (Å²) in [6.07, 6.45) is 3.14. The van der Waals surface area contributed by atoms with E-state index in [1.807, 2.05) is 35.7 Å². The molecule has 2 N–H and O–H groups in total. The second kappa shape index (κ2) is 7.30. The number of amides is 1. The summed E-state index contributed by atoms with van der Waals surface area (Å²) in [5.41, 5.74) is 0.864. The first-order valence-electron chi connectivity index (χ1n) is 7.29. The van der Waals surface area contributed by atoms with Crippen molar-refractivity contribution in [3.63, 3.8) is 0 Å². The Morgan fingerprint density at radius 1 is 1.35 bits per heavy atom. The van der Waals surface area contributed by atoms with Crippen LogP contribution in [0.4, 0.5) is 0 Å². The molecule has 3 rings (SSSR count). The number of thiophene rings is 1. The quantitative estimate of drug-likeness (QED) is 0.799. The van der Waals surface area contributed by atoms with E-state index >= 15 is 0 Å². The van der Waals surface area contributed by atoms with Crippen LogP contribution >= 0.6 is 11.3 Å². The maximum Gasteiger partial charge on any atom is 0.244 e. The van der Waals surface area contributed by atoms with Crippen molar-refractivity contribution >= 4 is 23.3 Å². The highest BCUT2D eigenvalue weighted by atomic mass is 32.1. The highest BCUT2D eigenvalue weighted by Crippen LogP contribution is 2.32. The van der Waals surface area contributed by atoms with E-state index in [1.165, 1.54) is 17.4 Å². The van der Waals surface area contributed by atoms with Crippen molar-refractivity contribution < 1.29 is 19.4 Å². The van der Waals surface area contributed by atoms with Crippen LogP contribution in [0.5, 0.6) is 11.5 Å². The molecule has 1 aliphatic heterocycles. The Morgan fingerprint density at radius 3 is 3.04 bits per heavy atom. The predicted molar refractivity (Wildman–Crippen MR) is 88.5 cm³/mol. The van der Waals surface area contributed by atoms with Crippen molar-refractivity contribution in [1.29, 1.82) is 0 Å². The van der Waals surface area contributed by atoms with Crippen LogP contribution in [0, 0.1) is 0 Å². The molecule has 1 aliphatic rings. The second-order valence-electron chi connectivity index (χ2n) is 5.06. The van der Waals surface area contributed by atoms with Crippen molar-refractivity contribution in [2.75, 3.05) is 13.3 Å². The zero-order valence-electron chi connectivity index (χ0n) is 12.4. The number of hydrogen-bond donors (Lipinski definition) is 2. The normalized spacial score (nSPS) is 14.1. The highest BCUT2D eigenvalue weighted by Gasteiger charge is 2.12. The average molecular weight is 331 g/mol. The molecule has 1 amide bonds. The van der Waals surface area contributed by atoms with E-state index in [9.17, 15) is 9.90 Å². The average Bonchev–Trinajstić information content (AvgIpc) is 3.23. The molecule has 1 atom stereocenters. The third-order valence-corrected chi connectivity index (χ3v) is 4.39. The van der Waals surface area contributed by atoms with Gasteiger partial charge >= 0.3 is 0 Å². The van der Waals surface area contributed by atoms with Gasteiger partial charge in [0, 0.05) is 17.5 Å². The fourth-order valence-corrected chi connectivity index (χ4v) is 2.95. The number of nitrogens with one attached hydrogen (secondary N) is 1. The van der Waals surface area contributed by atoms with E-state index in [0.717, 1.165) is 10.4 Å². The Kier molecular flexibility index (Phi) is 4.95. The van der Waals surface area contributed by atoms with E-state index in [1.54, 1.807) is 6.08 Å². The summed E-state index contributed by atoms with van der Waals surface area (Å²) in [5.74, 6) is 1.21. The number of carbonyl (C=O) groups is 1. The number of benzene rings is 1. The molecule has 0 bridgehead atoms. The number of rotatable bonds is 6. The molecule has 5 nitrogen and oxygen atoms in total. The molecule has 0 saturated heterocycles. The first kappa shape index (κ1) is 15.6. The Morgan fingerprint density at radius 2 is 2.22 bits per heavy atom. The number of carbonyl (C=O) groups excluding carboxylic acids is 1. The molecule has 0 saturated carbocycles. The summed E-state index contributed by atoms with van der Waals surface area (Å²) in [7, 11) is 0. The van der Waals surface area contributed by atoms with Gasteiger partial charge in [-0.15, -0.1) is 11.3 Å². The fourth-order valence-electron chi connectivity index (χ4n) is 2.20. The second-order valence-corrected chi connectivity index (χ2v) is 6.04. The molecule has 0 fully saturated rings. The van der Waals surface area contributed by atoms with Gasteiger partial charge in [-0.2, -0.15) is 0 Å². The maximum absolute atomic E-state index is 11.8. The van der Waals surface area contributed by atoms with Gasteiger partial charge in [-0.25, -0.2) is 0 Å². The smallest absolute Gasteiger partial charge is 0.244 e. The van der Waals surface area contributed by atoms with Gasteiger partial charge in [0.25, 0.3) is 0 Å². The molecule has 0 unspecified atom stereocenters. The third-order valence-electron chi connectivity index (χ3n) is 3.41. The Bertz CT molecular complexity index is 697. The SMILES string of the molecule is O=C(/C=C/c1ccc2c(c1)OCO2)NCC[C@@H](O)c1cccs1. The van der Waals surface area contributed by atoms with Crippen molar-refractivity contribution in [1.82, 2.24) is 5.32 Å². The van der Waals surface area contributed by atoms with Crippen molar-refractivity contribution in [3.05, 3.63) is 52.2 Å². The van der Waals surface area contributed by atoms with Crippen LogP contribution in [0.25, 0.3) is 6.08 Å². The largest absolute Gasteiger partial charge is 0.454 e. The molecular formula is C17H17NO4S. The zero-order valence-corrected chi connectivity index (χ0v) is 13.2. The number of aliphatic hydroxyl groups is 1. The first-order valence-corrected chi connectivity index (χ1v) is 8.17. The van der Waals surface area contributed by atoms with Gasteiger partial charge in [0.2, 0.25) is 12.7 Å². The lowest BCUT2D eigenvalue weighted by Crippen LogP contribution is -2.23. The highest BCUT2D eigenvalue weighted by molar-refractivity contribution is 7.10. The number of ether oxygens (including phenoxy) is 2. The Labute approximate surface area is 138 Å². The summed E-state index contributed by atoms with van der Waals surface area (Å²) in [4.78, 5) is 12.7. The van der Waals surface area contributed by atoms with Crippen LogP contribution in [0.1, 0.15) is 23.0 Å². The molecule has 0 aliphatic carbocycles. The topological polar surface area (TPSA) is 67.8 Å². The maximum atomic E-state index is 11.8. The van der Waals surface area contributed by atoms with Crippen LogP contribution in [-0.2, 0) is 4.79 Å². The van der Waals surface area contributed by atoms with Crippen LogP contribution in [0.3, 0.4) is 0 Å². The minimum atomic E-state index is -0.534. The van der Waals surface area contributed by atoms with E-state index in [2.05, 4.69) is 5.32 Å². The summed E-state index contributed by atoms with van der Waals surface area (Å²) in [6, 6.07) is 9.29. The van der Waals surface area contributed by atoms with Gasteiger partial charge in [0.05, 0.1) is 6.10 Å². The van der Waals surface area contributed by atoms with Gasteiger partial charge in [0.1, 0.15) is 0 Å². The minimum Gasteiger partial charge on any atom is -0.454 e. The van der Waals surface area contributed by atoms with E-state index in [-0.39, 0.29) is 12.7 Å². The lowest BCUT2D eigenvalue weighted by Gasteiger charge is -2.08. The number of hydrogen-bond acceptors (Lipinski definition) is 5. The van der Waals surface area contributed by atoms with Gasteiger partial charge in [0.15, 0.2) is 11.5 Å². The van der Waals surface area contributed by atoms with E-state index < -0.39 is 6.10 Å². The van der Waals surface area contributed by atoms with Crippen LogP contribution in [-0.4, -0.2) is 24.4 Å². The Balaban J connectivity index is 1.45. The van der Waals surface area contributed by atoms with Crippen molar-refractivity contribution in [3.8, 4) is 11.5 Å². The predicted octanol–water partition coefficient (Wildman–Crippen LogP) is 2.73. The monoisotopic (exact) mass is 331 g/mol. The Hall–Kier alpha value is -2.31. The van der Waals surface area contributed by atoms with Gasteiger partial charge in [-0.05, 0) is 41.6 Å². The molecule has 1 aromatic carbocycles. The van der Waals surface area contributed by atoms with Gasteiger partial charge in [-0.1, -0.05) is 12.1 Å². The number of aliphatic hydroxyl groups excluding tert-OH is 1. The molecule has 1 aromatic heterocycles. The number of fused-ring (bicyclic) bond motifs is 1. The van der Waals surface area contributed by atoms with Crippen molar-refractivity contribution in [2.24, 2.45) is 0 Å². The molecule has 23 heavy (non-hydrogen) atoms. The first-order chi connectivity index (χ1) is 11.2. The molecule has 120 valence electrons. The molecular weight excluding hydrogens is 314 g/mol. The van der Waals surface area contributed by atoms with Crippen molar-refractivity contribution in [2.45, 2.75) is 12.5 Å². The van der Waals surface area contributed by atoms with E-state index in [0.29, 0.717) is 24.5 Å². The molecule has 0 radical (unpaired) electrons. The molecule has 6 heteroatoms. The lowest BCUT2D eigenvalue weighted by molar-refractivity contribution is -0.116. The van der Waals surface area contributed by atoms with Crippen LogP contribution < -0.4 is 14.8 Å². The molecule has 2 aromatic rings. The summed E-state index contributed by atoms with van der Waals surface area (Å²) >= 11 is 1.51. The van der Waals surface area contributed by atoms with Gasteiger partial charge in [-0.3, -0.25) is 4.79 Å². The van der Waals surface area contributed by atoms with Gasteiger partial charge < -0.3 is 19.9 Å². The van der Waals surface area contributed by atoms with Crippen LogP contribution in [0.15, 0.2) is 41.8 Å². The molecule has 2 heterocycles. The lowest BCUT2D eigenvalue weighted by atomic mass is 10.2. The molecule has 0 spiro atoms.